The fourth-order valence-electron chi connectivity index (χ4n) is 6.37. The zero-order valence-corrected chi connectivity index (χ0v) is 24.1. The Morgan fingerprint density at radius 3 is 1.67 bits per heavy atom. The van der Waals surface area contributed by atoms with Crippen LogP contribution in [0.4, 0.5) is 5.69 Å². The second-order valence-corrected chi connectivity index (χ2v) is 11.6. The normalized spacial score (nSPS) is 16.8. The molecule has 42 heavy (non-hydrogen) atoms. The third kappa shape index (κ3) is 7.16. The molecule has 2 amide bonds. The summed E-state index contributed by atoms with van der Waals surface area (Å²) in [6, 6.07) is 23.7. The molecule has 2 aliphatic carbocycles. The van der Waals surface area contributed by atoms with Crippen LogP contribution in [0.15, 0.2) is 83.0 Å². The third-order valence-corrected chi connectivity index (χ3v) is 8.82. The number of hydrogen-bond donors (Lipinski definition) is 3. The lowest BCUT2D eigenvalue weighted by molar-refractivity contribution is 0.0934. The van der Waals surface area contributed by atoms with E-state index in [1.54, 1.807) is 12.1 Å². The molecule has 0 saturated heterocycles. The van der Waals surface area contributed by atoms with Gasteiger partial charge < -0.3 is 10.2 Å². The first-order valence-corrected chi connectivity index (χ1v) is 15.2. The molecular formula is C34H40N6O2. The van der Waals surface area contributed by atoms with Gasteiger partial charge in [-0.15, -0.1) is 10.2 Å². The second kappa shape index (κ2) is 14.1. The summed E-state index contributed by atoms with van der Waals surface area (Å²) in [6.07, 6.45) is 11.4. The van der Waals surface area contributed by atoms with E-state index in [9.17, 15) is 9.59 Å². The van der Waals surface area contributed by atoms with Crippen LogP contribution in [0.3, 0.4) is 0 Å². The van der Waals surface area contributed by atoms with Crippen LogP contribution in [-0.4, -0.2) is 18.1 Å². The van der Waals surface area contributed by atoms with Gasteiger partial charge in [0, 0.05) is 16.8 Å². The molecule has 3 N–H and O–H groups in total. The lowest BCUT2D eigenvalue weighted by atomic mass is 9.84. The zero-order valence-electron chi connectivity index (χ0n) is 24.1. The molecule has 0 unspecified atom stereocenters. The molecule has 218 valence electrons. The number of rotatable bonds is 10. The number of carbonyl (C=O) groups excluding carboxylic acids is 2. The maximum Gasteiger partial charge on any atom is 0.258 e. The molecule has 0 heterocycles. The van der Waals surface area contributed by atoms with Gasteiger partial charge in [0.1, 0.15) is 0 Å². The van der Waals surface area contributed by atoms with E-state index in [-0.39, 0.29) is 5.91 Å². The SMILES string of the molecule is N=NC(N=N)NC(=O)c1ccc(CN(C(=O)c2ccc(C3CCCCC3)cc2)c2ccc(C3CCCCC3)cc2)cc1. The van der Waals surface area contributed by atoms with Crippen molar-refractivity contribution in [2.45, 2.75) is 88.9 Å². The molecule has 2 fully saturated rings. The molecular weight excluding hydrogens is 524 g/mol. The Hall–Kier alpha value is -4.20. The monoisotopic (exact) mass is 564 g/mol. The fraction of sp³-hybridized carbons (Fsp3) is 0.412. The van der Waals surface area contributed by atoms with Crippen molar-refractivity contribution >= 4 is 17.5 Å². The van der Waals surface area contributed by atoms with Gasteiger partial charge in [-0.2, -0.15) is 0 Å². The number of nitrogens with zero attached hydrogens (tertiary/aromatic N) is 3. The first-order chi connectivity index (χ1) is 20.6. The number of carbonyl (C=O) groups is 2. The molecule has 0 atom stereocenters. The van der Waals surface area contributed by atoms with E-state index in [2.05, 4.69) is 51.9 Å². The second-order valence-electron chi connectivity index (χ2n) is 11.6. The Morgan fingerprint density at radius 2 is 1.17 bits per heavy atom. The van der Waals surface area contributed by atoms with E-state index in [4.69, 9.17) is 11.1 Å². The summed E-state index contributed by atoms with van der Waals surface area (Å²) in [7, 11) is 0. The van der Waals surface area contributed by atoms with Gasteiger partial charge in [-0.1, -0.05) is 74.9 Å². The molecule has 3 aromatic carbocycles. The zero-order chi connectivity index (χ0) is 29.3. The van der Waals surface area contributed by atoms with Crippen LogP contribution in [0.1, 0.15) is 113 Å². The summed E-state index contributed by atoms with van der Waals surface area (Å²) in [5.41, 5.74) is 19.4. The molecule has 0 spiro atoms. The van der Waals surface area contributed by atoms with Gasteiger partial charge in [-0.05, 0) is 90.6 Å². The largest absolute Gasteiger partial charge is 0.309 e. The summed E-state index contributed by atoms with van der Waals surface area (Å²) in [5.74, 6) is 0.646. The van der Waals surface area contributed by atoms with Gasteiger partial charge in [0.05, 0.1) is 6.54 Å². The fourth-order valence-corrected chi connectivity index (χ4v) is 6.37. The molecule has 0 aromatic heterocycles. The van der Waals surface area contributed by atoms with Gasteiger partial charge in [0.2, 0.25) is 0 Å². The van der Waals surface area contributed by atoms with Crippen molar-refractivity contribution in [3.05, 3.63) is 101 Å². The molecule has 2 saturated carbocycles. The summed E-state index contributed by atoms with van der Waals surface area (Å²) in [6.45, 7) is 0.348. The van der Waals surface area contributed by atoms with E-state index in [1.807, 2.05) is 29.2 Å². The maximum absolute atomic E-state index is 14.0. The minimum Gasteiger partial charge on any atom is -0.309 e. The number of nitrogens with one attached hydrogen (secondary N) is 3. The Bertz CT molecular complexity index is 1350. The topological polar surface area (TPSA) is 122 Å². The maximum atomic E-state index is 14.0. The lowest BCUT2D eigenvalue weighted by Crippen LogP contribution is -2.31. The molecule has 8 nitrogen and oxygen atoms in total. The van der Waals surface area contributed by atoms with Crippen LogP contribution < -0.4 is 10.2 Å². The minimum absolute atomic E-state index is 0.0608. The quantitative estimate of drug-likeness (QED) is 0.213. The van der Waals surface area contributed by atoms with Gasteiger partial charge in [0.25, 0.3) is 18.1 Å². The van der Waals surface area contributed by atoms with Gasteiger partial charge in [0.15, 0.2) is 0 Å². The van der Waals surface area contributed by atoms with Crippen LogP contribution in [-0.2, 0) is 6.54 Å². The number of benzene rings is 3. The molecule has 0 aliphatic heterocycles. The Balaban J connectivity index is 1.37. The van der Waals surface area contributed by atoms with Crippen molar-refractivity contribution in [3.8, 4) is 0 Å². The third-order valence-electron chi connectivity index (χ3n) is 8.82. The van der Waals surface area contributed by atoms with Gasteiger partial charge >= 0.3 is 0 Å². The first-order valence-electron chi connectivity index (χ1n) is 15.2. The van der Waals surface area contributed by atoms with Crippen LogP contribution in [0, 0.1) is 11.1 Å². The van der Waals surface area contributed by atoms with E-state index in [0.717, 1.165) is 11.3 Å². The Morgan fingerprint density at radius 1 is 0.690 bits per heavy atom. The highest BCUT2D eigenvalue weighted by molar-refractivity contribution is 6.06. The van der Waals surface area contributed by atoms with Crippen molar-refractivity contribution in [3.63, 3.8) is 0 Å². The van der Waals surface area contributed by atoms with Crippen molar-refractivity contribution < 1.29 is 9.59 Å². The molecule has 5 rings (SSSR count). The smallest absolute Gasteiger partial charge is 0.258 e. The predicted molar refractivity (Wildman–Crippen MR) is 163 cm³/mol. The molecule has 3 aromatic rings. The van der Waals surface area contributed by atoms with Crippen LogP contribution in [0.5, 0.6) is 0 Å². The summed E-state index contributed by atoms with van der Waals surface area (Å²) in [5, 5.41) is 8.60. The van der Waals surface area contributed by atoms with Crippen LogP contribution in [0.2, 0.25) is 0 Å². The minimum atomic E-state index is -1.23. The molecule has 2 aliphatic rings. The highest BCUT2D eigenvalue weighted by Gasteiger charge is 2.22. The van der Waals surface area contributed by atoms with E-state index >= 15 is 0 Å². The standard InChI is InChI=1S/C34H40N6O2/c35-38-34(39-36)37-32(41)29-13-11-24(12-14-29)23-40(31-21-19-28(20-22-31)26-9-5-2-6-10-26)33(42)30-17-15-27(16-18-30)25-7-3-1-4-8-25/h11-22,25-26,34-36H,1-10,23H2,(H,37,41). The summed E-state index contributed by atoms with van der Waals surface area (Å²) in [4.78, 5) is 28.3. The van der Waals surface area contributed by atoms with Crippen LogP contribution >= 0.6 is 0 Å². The van der Waals surface area contributed by atoms with Crippen LogP contribution in [0.25, 0.3) is 0 Å². The number of hydrogen-bond acceptors (Lipinski definition) is 6. The highest BCUT2D eigenvalue weighted by atomic mass is 16.2. The van der Waals surface area contributed by atoms with Gasteiger partial charge in [-0.3, -0.25) is 9.59 Å². The predicted octanol–water partition coefficient (Wildman–Crippen LogP) is 8.70. The Labute approximate surface area is 247 Å². The first kappa shape index (κ1) is 29.3. The van der Waals surface area contributed by atoms with Gasteiger partial charge in [-0.25, -0.2) is 11.1 Å². The number of anilines is 1. The van der Waals surface area contributed by atoms with E-state index < -0.39 is 12.2 Å². The van der Waals surface area contributed by atoms with Crippen molar-refractivity contribution in [2.24, 2.45) is 10.2 Å². The molecule has 8 heteroatoms. The molecule has 0 bridgehead atoms. The van der Waals surface area contributed by atoms with Crippen molar-refractivity contribution in [2.75, 3.05) is 4.90 Å². The average molecular weight is 565 g/mol. The number of amides is 2. The summed E-state index contributed by atoms with van der Waals surface area (Å²) >= 11 is 0. The highest BCUT2D eigenvalue weighted by Crippen LogP contribution is 2.35. The Kier molecular flexibility index (Phi) is 9.85. The van der Waals surface area contributed by atoms with Crippen molar-refractivity contribution in [1.82, 2.24) is 5.32 Å². The lowest BCUT2D eigenvalue weighted by Gasteiger charge is -2.26. The van der Waals surface area contributed by atoms with E-state index in [0.29, 0.717) is 29.5 Å². The van der Waals surface area contributed by atoms with Crippen molar-refractivity contribution in [1.29, 1.82) is 11.1 Å². The summed E-state index contributed by atoms with van der Waals surface area (Å²) < 4.78 is 0. The molecule has 0 radical (unpaired) electrons. The van der Waals surface area contributed by atoms with E-state index in [1.165, 1.54) is 75.3 Å². The average Bonchev–Trinajstić information content (AvgIpc) is 3.07.